The highest BCUT2D eigenvalue weighted by molar-refractivity contribution is 7.88. The molecule has 0 bridgehead atoms. The first kappa shape index (κ1) is 17.1. The Morgan fingerprint density at radius 2 is 2.17 bits per heavy atom. The van der Waals surface area contributed by atoms with Crippen molar-refractivity contribution >= 4 is 10.0 Å². The van der Waals surface area contributed by atoms with Gasteiger partial charge in [0.25, 0.3) is 0 Å². The van der Waals surface area contributed by atoms with Crippen LogP contribution in [0.2, 0.25) is 0 Å². The fraction of sp³-hybridized carbons (Fsp3) is 0.600. The molecule has 0 fully saturated rings. The molecule has 0 radical (unpaired) electrons. The van der Waals surface area contributed by atoms with Crippen LogP contribution < -0.4 is 4.72 Å². The van der Waals surface area contributed by atoms with Gasteiger partial charge < -0.3 is 0 Å². The Morgan fingerprint density at radius 3 is 2.83 bits per heavy atom. The van der Waals surface area contributed by atoms with Crippen LogP contribution in [-0.4, -0.2) is 52.2 Å². The molecule has 1 atom stereocenters. The molecule has 3 heterocycles. The minimum absolute atomic E-state index is 0.0152. The molecule has 1 aliphatic rings. The molecule has 1 aliphatic heterocycles. The van der Waals surface area contributed by atoms with Gasteiger partial charge in [-0.1, -0.05) is 0 Å². The normalized spacial score (nSPS) is 18.9. The molecule has 0 unspecified atom stereocenters. The molecule has 0 aromatic carbocycles. The average Bonchev–Trinajstić information content (AvgIpc) is 3.12. The van der Waals surface area contributed by atoms with Crippen molar-refractivity contribution in [3.8, 4) is 0 Å². The molecule has 0 saturated carbocycles. The largest absolute Gasteiger partial charge is 0.291 e. The summed E-state index contributed by atoms with van der Waals surface area (Å²) in [5.41, 5.74) is 2.25. The molecular weight excluding hydrogens is 328 g/mol. The summed E-state index contributed by atoms with van der Waals surface area (Å²) in [6.07, 6.45) is 6.91. The highest BCUT2D eigenvalue weighted by Crippen LogP contribution is 2.22. The first-order valence-electron chi connectivity index (χ1n) is 8.04. The fourth-order valence-corrected chi connectivity index (χ4v) is 3.48. The fourth-order valence-electron chi connectivity index (χ4n) is 2.98. The van der Waals surface area contributed by atoms with E-state index in [1.165, 1.54) is 6.26 Å². The Hall–Kier alpha value is -1.71. The number of sulfonamides is 1. The summed E-state index contributed by atoms with van der Waals surface area (Å²) in [7, 11) is -3.21. The number of rotatable bonds is 6. The summed E-state index contributed by atoms with van der Waals surface area (Å²) in [5, 5.41) is 8.73. The SMILES string of the molecule is CC(C)n1cc(CN2Cc3ccnn3[C@H](CNS(C)(=O)=O)C2)cn1. The van der Waals surface area contributed by atoms with Crippen LogP contribution in [-0.2, 0) is 23.1 Å². The zero-order chi connectivity index (χ0) is 17.3. The van der Waals surface area contributed by atoms with E-state index in [0.717, 1.165) is 30.9 Å². The number of hydrogen-bond acceptors (Lipinski definition) is 5. The molecule has 2 aromatic heterocycles. The monoisotopic (exact) mass is 352 g/mol. The zero-order valence-electron chi connectivity index (χ0n) is 14.3. The van der Waals surface area contributed by atoms with Gasteiger partial charge in [0.15, 0.2) is 0 Å². The Balaban J connectivity index is 1.71. The highest BCUT2D eigenvalue weighted by Gasteiger charge is 2.26. The van der Waals surface area contributed by atoms with E-state index in [4.69, 9.17) is 0 Å². The molecule has 0 aliphatic carbocycles. The summed E-state index contributed by atoms with van der Waals surface area (Å²) in [6.45, 7) is 6.86. The van der Waals surface area contributed by atoms with Crippen LogP contribution in [0.15, 0.2) is 24.7 Å². The Bertz CT molecular complexity index is 795. The second kappa shape index (κ2) is 6.66. The zero-order valence-corrected chi connectivity index (χ0v) is 15.1. The van der Waals surface area contributed by atoms with Gasteiger partial charge in [-0.2, -0.15) is 10.2 Å². The molecule has 9 heteroatoms. The van der Waals surface area contributed by atoms with Gasteiger partial charge >= 0.3 is 0 Å². The lowest BCUT2D eigenvalue weighted by atomic mass is 10.1. The second-order valence-corrected chi connectivity index (χ2v) is 8.47. The summed E-state index contributed by atoms with van der Waals surface area (Å²) < 4.78 is 29.3. The van der Waals surface area contributed by atoms with E-state index in [1.54, 1.807) is 6.20 Å². The van der Waals surface area contributed by atoms with E-state index in [2.05, 4.69) is 39.9 Å². The molecule has 2 aromatic rings. The molecule has 0 saturated heterocycles. The van der Waals surface area contributed by atoms with Gasteiger partial charge in [0.1, 0.15) is 0 Å². The number of aromatic nitrogens is 4. The highest BCUT2D eigenvalue weighted by atomic mass is 32.2. The maximum atomic E-state index is 11.4. The van der Waals surface area contributed by atoms with Crippen LogP contribution in [0.1, 0.15) is 37.2 Å². The lowest BCUT2D eigenvalue weighted by Gasteiger charge is -2.33. The topological polar surface area (TPSA) is 85.0 Å². The van der Waals surface area contributed by atoms with Crippen molar-refractivity contribution in [1.29, 1.82) is 0 Å². The van der Waals surface area contributed by atoms with E-state index in [9.17, 15) is 8.42 Å². The van der Waals surface area contributed by atoms with E-state index in [-0.39, 0.29) is 6.04 Å². The summed E-state index contributed by atoms with van der Waals surface area (Å²) in [4.78, 5) is 2.30. The van der Waals surface area contributed by atoms with Crippen molar-refractivity contribution in [3.63, 3.8) is 0 Å². The average molecular weight is 352 g/mol. The third-order valence-corrected chi connectivity index (χ3v) is 4.82. The van der Waals surface area contributed by atoms with Gasteiger partial charge in [-0.3, -0.25) is 14.3 Å². The van der Waals surface area contributed by atoms with Gasteiger partial charge in [0, 0.05) is 50.2 Å². The number of fused-ring (bicyclic) bond motifs is 1. The third kappa shape index (κ3) is 4.03. The van der Waals surface area contributed by atoms with Gasteiger partial charge in [-0.05, 0) is 19.9 Å². The van der Waals surface area contributed by atoms with Crippen LogP contribution in [0.25, 0.3) is 0 Å². The van der Waals surface area contributed by atoms with Crippen molar-refractivity contribution in [1.82, 2.24) is 29.2 Å². The van der Waals surface area contributed by atoms with E-state index in [0.29, 0.717) is 12.6 Å². The van der Waals surface area contributed by atoms with Crippen LogP contribution in [0.4, 0.5) is 0 Å². The van der Waals surface area contributed by atoms with Crippen molar-refractivity contribution in [2.45, 2.75) is 39.0 Å². The van der Waals surface area contributed by atoms with Crippen molar-refractivity contribution < 1.29 is 8.42 Å². The number of nitrogens with zero attached hydrogens (tertiary/aromatic N) is 5. The predicted molar refractivity (Wildman–Crippen MR) is 90.8 cm³/mol. The van der Waals surface area contributed by atoms with Crippen molar-refractivity contribution in [2.75, 3.05) is 19.3 Å². The first-order chi connectivity index (χ1) is 11.3. The maximum absolute atomic E-state index is 11.4. The van der Waals surface area contributed by atoms with Crippen molar-refractivity contribution in [2.24, 2.45) is 0 Å². The smallest absolute Gasteiger partial charge is 0.208 e. The Morgan fingerprint density at radius 1 is 1.38 bits per heavy atom. The lowest BCUT2D eigenvalue weighted by molar-refractivity contribution is 0.168. The Kier molecular flexibility index (Phi) is 4.75. The maximum Gasteiger partial charge on any atom is 0.208 e. The summed E-state index contributed by atoms with van der Waals surface area (Å²) in [6, 6.07) is 2.31. The second-order valence-electron chi connectivity index (χ2n) is 6.63. The minimum atomic E-state index is -3.21. The third-order valence-electron chi connectivity index (χ3n) is 4.12. The summed E-state index contributed by atoms with van der Waals surface area (Å²) in [5.74, 6) is 0. The van der Waals surface area contributed by atoms with Gasteiger partial charge in [0.05, 0.1) is 24.2 Å². The quantitative estimate of drug-likeness (QED) is 0.830. The molecule has 24 heavy (non-hydrogen) atoms. The lowest BCUT2D eigenvalue weighted by Crippen LogP contribution is -2.42. The molecule has 8 nitrogen and oxygen atoms in total. The van der Waals surface area contributed by atoms with Crippen LogP contribution in [0.5, 0.6) is 0 Å². The van der Waals surface area contributed by atoms with Crippen LogP contribution in [0.3, 0.4) is 0 Å². The molecule has 1 N–H and O–H groups in total. The number of hydrogen-bond donors (Lipinski definition) is 1. The standard InChI is InChI=1S/C15H24N6O2S/c1-12(2)20-9-13(6-17-20)8-19-10-14-4-5-16-21(14)15(11-19)7-18-24(3,22)23/h4-6,9,12,15,18H,7-8,10-11H2,1-3H3/t15-/m1/s1. The first-order valence-corrected chi connectivity index (χ1v) is 9.93. The van der Waals surface area contributed by atoms with Crippen molar-refractivity contribution in [3.05, 3.63) is 35.9 Å². The van der Waals surface area contributed by atoms with Gasteiger partial charge in [-0.25, -0.2) is 13.1 Å². The molecule has 0 amide bonds. The Labute approximate surface area is 142 Å². The van der Waals surface area contributed by atoms with E-state index < -0.39 is 10.0 Å². The van der Waals surface area contributed by atoms with Crippen LogP contribution >= 0.6 is 0 Å². The molecule has 132 valence electrons. The summed E-state index contributed by atoms with van der Waals surface area (Å²) >= 11 is 0. The van der Waals surface area contributed by atoms with Crippen LogP contribution in [0, 0.1) is 0 Å². The number of nitrogens with one attached hydrogen (secondary N) is 1. The van der Waals surface area contributed by atoms with E-state index in [1.807, 2.05) is 21.6 Å². The molecular formula is C15H24N6O2S. The van der Waals surface area contributed by atoms with Gasteiger partial charge in [-0.15, -0.1) is 0 Å². The molecule has 0 spiro atoms. The van der Waals surface area contributed by atoms with Gasteiger partial charge in [0.2, 0.25) is 10.0 Å². The predicted octanol–water partition coefficient (Wildman–Crippen LogP) is 0.767. The van der Waals surface area contributed by atoms with E-state index >= 15 is 0 Å². The molecule has 3 rings (SSSR count). The minimum Gasteiger partial charge on any atom is -0.291 e.